The van der Waals surface area contributed by atoms with Gasteiger partial charge in [-0.15, -0.1) is 0 Å². The van der Waals surface area contributed by atoms with Crippen molar-refractivity contribution >= 4 is 11.8 Å². The standard InChI is InChI=1S/C21H29N5O2/c1-17-4-3-5-19(14-17)28-13-8-22-21(27)24-16-18-6-7-20(23-15-18)26-11-9-25(2)10-12-26/h3-7,14-15H,8-13,16H2,1-2H3,(H2,22,24,27). The van der Waals surface area contributed by atoms with Gasteiger partial charge in [-0.2, -0.15) is 0 Å². The number of carbonyl (C=O) groups is 1. The fraction of sp³-hybridized carbons (Fsp3) is 0.429. The van der Waals surface area contributed by atoms with Crippen LogP contribution >= 0.6 is 0 Å². The van der Waals surface area contributed by atoms with E-state index in [0.717, 1.165) is 48.9 Å². The van der Waals surface area contributed by atoms with Gasteiger partial charge in [-0.25, -0.2) is 9.78 Å². The summed E-state index contributed by atoms with van der Waals surface area (Å²) in [6, 6.07) is 11.7. The van der Waals surface area contributed by atoms with Gasteiger partial charge in [0.15, 0.2) is 0 Å². The molecule has 2 aromatic rings. The maximum absolute atomic E-state index is 11.9. The van der Waals surface area contributed by atoms with Crippen molar-refractivity contribution in [1.82, 2.24) is 20.5 Å². The second-order valence-electron chi connectivity index (χ2n) is 7.09. The van der Waals surface area contributed by atoms with Crippen LogP contribution in [0.15, 0.2) is 42.6 Å². The average molecular weight is 383 g/mol. The number of anilines is 1. The van der Waals surface area contributed by atoms with Crippen molar-refractivity contribution in [3.8, 4) is 5.75 Å². The van der Waals surface area contributed by atoms with Gasteiger partial charge in [0.25, 0.3) is 0 Å². The van der Waals surface area contributed by atoms with Gasteiger partial charge in [-0.05, 0) is 43.3 Å². The third kappa shape index (κ3) is 6.13. The summed E-state index contributed by atoms with van der Waals surface area (Å²) in [6.07, 6.45) is 1.83. The molecule has 0 spiro atoms. The third-order valence-electron chi connectivity index (χ3n) is 4.74. The Kier molecular flexibility index (Phi) is 7.08. The zero-order valence-electron chi connectivity index (χ0n) is 16.6. The Balaban J connectivity index is 1.34. The Morgan fingerprint density at radius 2 is 1.96 bits per heavy atom. The third-order valence-corrected chi connectivity index (χ3v) is 4.74. The number of rotatable bonds is 7. The van der Waals surface area contributed by atoms with Crippen LogP contribution < -0.4 is 20.3 Å². The van der Waals surface area contributed by atoms with Crippen molar-refractivity contribution in [2.45, 2.75) is 13.5 Å². The van der Waals surface area contributed by atoms with Crippen molar-refractivity contribution in [3.63, 3.8) is 0 Å². The number of likely N-dealkylation sites (N-methyl/N-ethyl adjacent to an activating group) is 1. The number of pyridine rings is 1. The Morgan fingerprint density at radius 3 is 2.68 bits per heavy atom. The van der Waals surface area contributed by atoms with Crippen LogP contribution in [0.5, 0.6) is 5.75 Å². The lowest BCUT2D eigenvalue weighted by Gasteiger charge is -2.33. The number of aromatic nitrogens is 1. The summed E-state index contributed by atoms with van der Waals surface area (Å²) in [5, 5.41) is 5.64. The molecule has 7 heteroatoms. The number of nitrogens with zero attached hydrogens (tertiary/aromatic N) is 3. The lowest BCUT2D eigenvalue weighted by atomic mass is 10.2. The minimum absolute atomic E-state index is 0.212. The van der Waals surface area contributed by atoms with Crippen LogP contribution in [0.2, 0.25) is 0 Å². The molecule has 2 heterocycles. The molecule has 1 aliphatic heterocycles. The quantitative estimate of drug-likeness (QED) is 0.716. The minimum atomic E-state index is -0.212. The Hall–Kier alpha value is -2.80. The fourth-order valence-corrected chi connectivity index (χ4v) is 3.03. The molecule has 28 heavy (non-hydrogen) atoms. The van der Waals surface area contributed by atoms with E-state index in [1.54, 1.807) is 0 Å². The van der Waals surface area contributed by atoms with Crippen molar-refractivity contribution < 1.29 is 9.53 Å². The van der Waals surface area contributed by atoms with Gasteiger partial charge >= 0.3 is 6.03 Å². The number of piperazine rings is 1. The van der Waals surface area contributed by atoms with Crippen molar-refractivity contribution in [1.29, 1.82) is 0 Å². The van der Waals surface area contributed by atoms with Crippen molar-refractivity contribution in [2.75, 3.05) is 51.3 Å². The van der Waals surface area contributed by atoms with E-state index in [-0.39, 0.29) is 6.03 Å². The first-order valence-electron chi connectivity index (χ1n) is 9.70. The van der Waals surface area contributed by atoms with Crippen LogP contribution in [0.1, 0.15) is 11.1 Å². The largest absolute Gasteiger partial charge is 0.492 e. The molecule has 2 N–H and O–H groups in total. The summed E-state index contributed by atoms with van der Waals surface area (Å²) in [5.41, 5.74) is 2.12. The molecule has 2 amide bonds. The van der Waals surface area contributed by atoms with E-state index < -0.39 is 0 Å². The lowest BCUT2D eigenvalue weighted by Crippen LogP contribution is -2.44. The zero-order valence-corrected chi connectivity index (χ0v) is 16.6. The van der Waals surface area contributed by atoms with Crippen LogP contribution in [0, 0.1) is 6.92 Å². The summed E-state index contributed by atoms with van der Waals surface area (Å²) < 4.78 is 5.62. The molecule has 3 rings (SSSR count). The molecule has 0 saturated carbocycles. The first-order chi connectivity index (χ1) is 13.6. The molecule has 0 unspecified atom stereocenters. The highest BCUT2D eigenvalue weighted by Crippen LogP contribution is 2.13. The van der Waals surface area contributed by atoms with E-state index in [2.05, 4.69) is 32.5 Å². The predicted molar refractivity (Wildman–Crippen MR) is 111 cm³/mol. The highest BCUT2D eigenvalue weighted by Gasteiger charge is 2.14. The number of nitrogens with one attached hydrogen (secondary N) is 2. The van der Waals surface area contributed by atoms with E-state index in [9.17, 15) is 4.79 Å². The number of hydrogen-bond donors (Lipinski definition) is 2. The molecular formula is C21H29N5O2. The smallest absolute Gasteiger partial charge is 0.315 e. The lowest BCUT2D eigenvalue weighted by molar-refractivity contribution is 0.236. The summed E-state index contributed by atoms with van der Waals surface area (Å²) in [5.74, 6) is 1.81. The number of amides is 2. The molecule has 1 aromatic heterocycles. The summed E-state index contributed by atoms with van der Waals surface area (Å²) in [4.78, 5) is 21.1. The molecule has 0 radical (unpaired) electrons. The molecule has 0 bridgehead atoms. The maximum atomic E-state index is 11.9. The van der Waals surface area contributed by atoms with Crippen molar-refractivity contribution in [2.24, 2.45) is 0 Å². The van der Waals surface area contributed by atoms with E-state index in [1.165, 1.54) is 0 Å². The molecule has 1 aromatic carbocycles. The van der Waals surface area contributed by atoms with Crippen LogP contribution in [0.25, 0.3) is 0 Å². The van der Waals surface area contributed by atoms with Gasteiger partial charge in [0.2, 0.25) is 0 Å². The van der Waals surface area contributed by atoms with Gasteiger partial charge in [-0.1, -0.05) is 18.2 Å². The molecule has 7 nitrogen and oxygen atoms in total. The summed E-state index contributed by atoms with van der Waals surface area (Å²) in [6.45, 7) is 7.43. The first kappa shape index (κ1) is 19.9. The fourth-order valence-electron chi connectivity index (χ4n) is 3.03. The monoisotopic (exact) mass is 383 g/mol. The SMILES string of the molecule is Cc1cccc(OCCNC(=O)NCc2ccc(N3CCN(C)CC3)nc2)c1. The van der Waals surface area contributed by atoms with Gasteiger partial charge < -0.3 is 25.2 Å². The maximum Gasteiger partial charge on any atom is 0.315 e. The molecule has 1 saturated heterocycles. The number of ether oxygens (including phenoxy) is 1. The van der Waals surface area contributed by atoms with Gasteiger partial charge in [0, 0.05) is 38.9 Å². The second-order valence-corrected chi connectivity index (χ2v) is 7.09. The average Bonchev–Trinajstić information content (AvgIpc) is 2.71. The van der Waals surface area contributed by atoms with Crippen LogP contribution in [0.3, 0.4) is 0 Å². The number of carbonyl (C=O) groups excluding carboxylic acids is 1. The highest BCUT2D eigenvalue weighted by molar-refractivity contribution is 5.73. The Labute approximate surface area is 166 Å². The Morgan fingerprint density at radius 1 is 1.14 bits per heavy atom. The molecular weight excluding hydrogens is 354 g/mol. The van der Waals surface area contributed by atoms with E-state index in [1.807, 2.05) is 49.5 Å². The summed E-state index contributed by atoms with van der Waals surface area (Å²) >= 11 is 0. The zero-order chi connectivity index (χ0) is 19.8. The highest BCUT2D eigenvalue weighted by atomic mass is 16.5. The second kappa shape index (κ2) is 9.94. The van der Waals surface area contributed by atoms with Crippen LogP contribution in [0.4, 0.5) is 10.6 Å². The van der Waals surface area contributed by atoms with Gasteiger partial charge in [-0.3, -0.25) is 0 Å². The van der Waals surface area contributed by atoms with Gasteiger partial charge in [0.05, 0.1) is 6.54 Å². The molecule has 0 atom stereocenters. The van der Waals surface area contributed by atoms with Crippen LogP contribution in [-0.2, 0) is 6.54 Å². The minimum Gasteiger partial charge on any atom is -0.492 e. The predicted octanol–water partition coefficient (Wildman–Crippen LogP) is 2.02. The number of hydrogen-bond acceptors (Lipinski definition) is 5. The molecule has 1 fully saturated rings. The van der Waals surface area contributed by atoms with Crippen molar-refractivity contribution in [3.05, 3.63) is 53.7 Å². The number of aryl methyl sites for hydroxylation is 1. The molecule has 1 aliphatic rings. The molecule has 150 valence electrons. The molecule has 0 aliphatic carbocycles. The Bertz CT molecular complexity index is 758. The van der Waals surface area contributed by atoms with E-state index >= 15 is 0 Å². The topological polar surface area (TPSA) is 69.7 Å². The van der Waals surface area contributed by atoms with E-state index in [0.29, 0.717) is 19.7 Å². The number of benzene rings is 1. The van der Waals surface area contributed by atoms with Gasteiger partial charge in [0.1, 0.15) is 18.2 Å². The normalized spacial score (nSPS) is 14.6. The first-order valence-corrected chi connectivity index (χ1v) is 9.70. The summed E-state index contributed by atoms with van der Waals surface area (Å²) in [7, 11) is 2.14. The van der Waals surface area contributed by atoms with E-state index in [4.69, 9.17) is 4.74 Å². The number of urea groups is 1. The van der Waals surface area contributed by atoms with Crippen LogP contribution in [-0.4, -0.2) is 62.3 Å².